The Balaban J connectivity index is 2.22. The van der Waals surface area contributed by atoms with E-state index in [2.05, 4.69) is 10.3 Å². The highest BCUT2D eigenvalue weighted by Gasteiger charge is 2.44. The van der Waals surface area contributed by atoms with Crippen molar-refractivity contribution in [2.45, 2.75) is 31.8 Å². The number of aromatic amines is 1. The van der Waals surface area contributed by atoms with Crippen LogP contribution in [0.4, 0.5) is 0 Å². The van der Waals surface area contributed by atoms with E-state index in [-0.39, 0.29) is 11.8 Å². The van der Waals surface area contributed by atoms with Crippen LogP contribution in [0.15, 0.2) is 24.3 Å². The van der Waals surface area contributed by atoms with E-state index in [1.807, 2.05) is 24.3 Å². The van der Waals surface area contributed by atoms with Crippen molar-refractivity contribution in [1.82, 2.24) is 10.3 Å². The van der Waals surface area contributed by atoms with Crippen molar-refractivity contribution in [1.29, 1.82) is 0 Å². The van der Waals surface area contributed by atoms with Gasteiger partial charge in [0.05, 0.1) is 7.11 Å². The van der Waals surface area contributed by atoms with Crippen LogP contribution in [0, 0.1) is 0 Å². The maximum atomic E-state index is 12.2. The molecule has 0 saturated carbocycles. The number of carbonyl (C=O) groups excluding carboxylic acids is 2. The minimum absolute atomic E-state index is 0.0380. The molecule has 0 spiro atoms. The molecule has 2 aromatic rings. The molecule has 5 heteroatoms. The molecule has 1 aliphatic rings. The number of rotatable bonds is 2. The van der Waals surface area contributed by atoms with E-state index in [9.17, 15) is 9.59 Å². The van der Waals surface area contributed by atoms with Crippen molar-refractivity contribution >= 4 is 22.7 Å². The maximum Gasteiger partial charge on any atom is 0.323 e. The number of aromatic nitrogens is 1. The number of esters is 1. The molecule has 2 N–H and O–H groups in total. The summed E-state index contributed by atoms with van der Waals surface area (Å²) in [7, 11) is 1.36. The molecule has 5 nitrogen and oxygen atoms in total. The summed E-state index contributed by atoms with van der Waals surface area (Å²) in [5.41, 5.74) is 1.92. The average Bonchev–Trinajstić information content (AvgIpc) is 2.86. The number of hydrogen-bond acceptors (Lipinski definition) is 4. The van der Waals surface area contributed by atoms with Crippen LogP contribution in [0.1, 0.15) is 25.1 Å². The van der Waals surface area contributed by atoms with Gasteiger partial charge in [-0.25, -0.2) is 0 Å². The maximum absolute atomic E-state index is 12.2. The molecule has 1 aromatic heterocycles. The van der Waals surface area contributed by atoms with Crippen LogP contribution in [-0.4, -0.2) is 29.9 Å². The monoisotopic (exact) mass is 286 g/mol. The molecular weight excluding hydrogens is 268 g/mol. The average molecular weight is 286 g/mol. The van der Waals surface area contributed by atoms with Crippen LogP contribution in [0.2, 0.25) is 0 Å². The number of ketones is 1. The summed E-state index contributed by atoms with van der Waals surface area (Å²) >= 11 is 0. The Morgan fingerprint density at radius 2 is 2.05 bits per heavy atom. The zero-order valence-electron chi connectivity index (χ0n) is 12.3. The molecule has 2 heterocycles. The number of Topliss-reactive ketones (excluding diaryl/α,β-unsaturated/α-hetero) is 1. The first-order chi connectivity index (χ1) is 9.97. The SMILES string of the molecule is COC(=O)[C@@H]1Cc2c([nH]c3ccccc23)[C@@](C)(C(C)=O)N1. The van der Waals surface area contributed by atoms with E-state index >= 15 is 0 Å². The predicted molar refractivity (Wildman–Crippen MR) is 79.0 cm³/mol. The summed E-state index contributed by atoms with van der Waals surface area (Å²) < 4.78 is 4.84. The second kappa shape index (κ2) is 4.70. The molecule has 110 valence electrons. The quantitative estimate of drug-likeness (QED) is 0.824. The fourth-order valence-electron chi connectivity index (χ4n) is 3.08. The number of H-pyrrole nitrogens is 1. The smallest absolute Gasteiger partial charge is 0.323 e. The summed E-state index contributed by atoms with van der Waals surface area (Å²) in [5, 5.41) is 4.19. The number of hydrogen-bond donors (Lipinski definition) is 2. The first kappa shape index (κ1) is 13.8. The highest BCUT2D eigenvalue weighted by Crippen LogP contribution is 2.36. The molecule has 0 saturated heterocycles. The van der Waals surface area contributed by atoms with Crippen LogP contribution in [0.3, 0.4) is 0 Å². The lowest BCUT2D eigenvalue weighted by molar-refractivity contribution is -0.144. The van der Waals surface area contributed by atoms with E-state index < -0.39 is 11.6 Å². The topological polar surface area (TPSA) is 71.2 Å². The number of nitrogens with one attached hydrogen (secondary N) is 2. The molecule has 0 amide bonds. The lowest BCUT2D eigenvalue weighted by atomic mass is 9.82. The number of ether oxygens (including phenoxy) is 1. The molecule has 0 bridgehead atoms. The van der Waals surface area contributed by atoms with Crippen molar-refractivity contribution in [3.8, 4) is 0 Å². The minimum Gasteiger partial charge on any atom is -0.468 e. The van der Waals surface area contributed by atoms with Crippen molar-refractivity contribution < 1.29 is 14.3 Å². The second-order valence-corrected chi connectivity index (χ2v) is 5.63. The fourth-order valence-corrected chi connectivity index (χ4v) is 3.08. The number of methoxy groups -OCH3 is 1. The predicted octanol–water partition coefficient (Wildman–Crippen LogP) is 1.66. The van der Waals surface area contributed by atoms with Crippen molar-refractivity contribution in [3.63, 3.8) is 0 Å². The van der Waals surface area contributed by atoms with Gasteiger partial charge in [-0.15, -0.1) is 0 Å². The highest BCUT2D eigenvalue weighted by molar-refractivity contribution is 5.94. The van der Waals surface area contributed by atoms with E-state index in [0.717, 1.165) is 22.2 Å². The second-order valence-electron chi connectivity index (χ2n) is 5.63. The molecule has 0 fully saturated rings. The largest absolute Gasteiger partial charge is 0.468 e. The van der Waals surface area contributed by atoms with Crippen molar-refractivity contribution in [2.75, 3.05) is 7.11 Å². The van der Waals surface area contributed by atoms with Gasteiger partial charge in [0, 0.05) is 23.0 Å². The van der Waals surface area contributed by atoms with Gasteiger partial charge in [-0.1, -0.05) is 18.2 Å². The Hall–Kier alpha value is -2.14. The van der Waals surface area contributed by atoms with Crippen LogP contribution in [0.25, 0.3) is 10.9 Å². The molecule has 0 unspecified atom stereocenters. The van der Waals surface area contributed by atoms with Crippen LogP contribution < -0.4 is 5.32 Å². The van der Waals surface area contributed by atoms with Gasteiger partial charge in [0.1, 0.15) is 11.6 Å². The van der Waals surface area contributed by atoms with Crippen molar-refractivity contribution in [2.24, 2.45) is 0 Å². The van der Waals surface area contributed by atoms with Gasteiger partial charge in [0.25, 0.3) is 0 Å². The number of para-hydroxylation sites is 1. The highest BCUT2D eigenvalue weighted by atomic mass is 16.5. The van der Waals surface area contributed by atoms with Gasteiger partial charge in [-0.3, -0.25) is 14.9 Å². The Morgan fingerprint density at radius 3 is 2.71 bits per heavy atom. The molecule has 2 atom stereocenters. The zero-order valence-corrected chi connectivity index (χ0v) is 12.3. The molecule has 0 radical (unpaired) electrons. The van der Waals surface area contributed by atoms with Crippen LogP contribution in [0.5, 0.6) is 0 Å². The standard InChI is InChI=1S/C16H18N2O3/c1-9(19)16(2)14-11(8-13(18-16)15(20)21-3)10-6-4-5-7-12(10)17-14/h4-7,13,17-18H,8H2,1-3H3/t13-,16+/m0/s1. The lowest BCUT2D eigenvalue weighted by Crippen LogP contribution is -2.57. The van der Waals surface area contributed by atoms with E-state index in [1.54, 1.807) is 6.92 Å². The summed E-state index contributed by atoms with van der Waals surface area (Å²) in [6, 6.07) is 7.36. The van der Waals surface area contributed by atoms with E-state index in [0.29, 0.717) is 6.42 Å². The van der Waals surface area contributed by atoms with Crippen molar-refractivity contribution in [3.05, 3.63) is 35.5 Å². The third-order valence-corrected chi connectivity index (χ3v) is 4.37. The lowest BCUT2D eigenvalue weighted by Gasteiger charge is -2.36. The van der Waals surface area contributed by atoms with Gasteiger partial charge in [-0.2, -0.15) is 0 Å². The van der Waals surface area contributed by atoms with Gasteiger partial charge >= 0.3 is 5.97 Å². The van der Waals surface area contributed by atoms with Gasteiger partial charge in [0.15, 0.2) is 5.78 Å². The van der Waals surface area contributed by atoms with E-state index in [4.69, 9.17) is 4.74 Å². The number of benzene rings is 1. The first-order valence-electron chi connectivity index (χ1n) is 6.94. The molecule has 0 aliphatic carbocycles. The first-order valence-corrected chi connectivity index (χ1v) is 6.94. The normalized spacial score (nSPS) is 24.6. The Bertz CT molecular complexity index is 734. The molecule has 1 aliphatic heterocycles. The Kier molecular flexibility index (Phi) is 3.10. The van der Waals surface area contributed by atoms with Crippen LogP contribution >= 0.6 is 0 Å². The summed E-state index contributed by atoms with van der Waals surface area (Å²) in [6.07, 6.45) is 0.509. The van der Waals surface area contributed by atoms with Gasteiger partial charge in [0.2, 0.25) is 0 Å². The Labute approximate surface area is 122 Å². The third-order valence-electron chi connectivity index (χ3n) is 4.37. The Morgan fingerprint density at radius 1 is 1.33 bits per heavy atom. The summed E-state index contributed by atoms with van der Waals surface area (Å²) in [4.78, 5) is 27.5. The summed E-state index contributed by atoms with van der Waals surface area (Å²) in [5.74, 6) is -0.387. The van der Waals surface area contributed by atoms with Gasteiger partial charge in [-0.05, 0) is 25.5 Å². The fraction of sp³-hybridized carbons (Fsp3) is 0.375. The number of carbonyl (C=O) groups is 2. The van der Waals surface area contributed by atoms with Gasteiger partial charge < -0.3 is 9.72 Å². The van der Waals surface area contributed by atoms with E-state index in [1.165, 1.54) is 14.0 Å². The summed E-state index contributed by atoms with van der Waals surface area (Å²) in [6.45, 7) is 3.33. The molecule has 21 heavy (non-hydrogen) atoms. The molecular formula is C16H18N2O3. The van der Waals surface area contributed by atoms with Crippen LogP contribution in [-0.2, 0) is 26.3 Å². The number of fused-ring (bicyclic) bond motifs is 3. The minimum atomic E-state index is -0.911. The molecule has 3 rings (SSSR count). The molecule has 1 aromatic carbocycles. The third kappa shape index (κ3) is 1.96. The zero-order chi connectivity index (χ0) is 15.2.